The highest BCUT2D eigenvalue weighted by Gasteiger charge is 2.32. The molecule has 6 heteroatoms. The van der Waals surface area contributed by atoms with E-state index in [9.17, 15) is 9.59 Å². The van der Waals surface area contributed by atoms with E-state index in [0.29, 0.717) is 5.69 Å². The molecule has 1 atom stereocenters. The zero-order valence-corrected chi connectivity index (χ0v) is 17.2. The Morgan fingerprint density at radius 3 is 2.11 bits per heavy atom. The van der Waals surface area contributed by atoms with Crippen LogP contribution in [-0.2, 0) is 14.3 Å². The van der Waals surface area contributed by atoms with Gasteiger partial charge in [-0.1, -0.05) is 30.3 Å². The Morgan fingerprint density at radius 2 is 1.57 bits per heavy atom. The highest BCUT2D eigenvalue weighted by molar-refractivity contribution is 5.95. The Balaban J connectivity index is 2.40. The van der Waals surface area contributed by atoms with E-state index in [2.05, 4.69) is 0 Å². The number of hydrogen-bond donors (Lipinski definition) is 0. The SMILES string of the molecule is COC(=O)[C@H](C)N(C(=O)OC(C)(C)C)c1ccc(-c2ccccc2OC)cc1. The number of benzene rings is 2. The predicted molar refractivity (Wildman–Crippen MR) is 109 cm³/mol. The van der Waals surface area contributed by atoms with Crippen LogP contribution in [0.3, 0.4) is 0 Å². The van der Waals surface area contributed by atoms with Crippen molar-refractivity contribution in [2.24, 2.45) is 0 Å². The topological polar surface area (TPSA) is 65.1 Å². The number of anilines is 1. The van der Waals surface area contributed by atoms with Gasteiger partial charge in [0.15, 0.2) is 0 Å². The second-order valence-corrected chi connectivity index (χ2v) is 7.30. The first-order chi connectivity index (χ1) is 13.2. The summed E-state index contributed by atoms with van der Waals surface area (Å²) in [6.07, 6.45) is -0.615. The van der Waals surface area contributed by atoms with Crippen LogP contribution < -0.4 is 9.64 Å². The summed E-state index contributed by atoms with van der Waals surface area (Å²) in [4.78, 5) is 26.1. The molecule has 6 nitrogen and oxygen atoms in total. The fourth-order valence-electron chi connectivity index (χ4n) is 2.76. The number of para-hydroxylation sites is 1. The lowest BCUT2D eigenvalue weighted by atomic mass is 10.0. The van der Waals surface area contributed by atoms with Gasteiger partial charge in [-0.3, -0.25) is 4.90 Å². The molecule has 2 aromatic rings. The normalized spacial score (nSPS) is 12.1. The van der Waals surface area contributed by atoms with Crippen molar-refractivity contribution in [1.29, 1.82) is 0 Å². The molecular weight excluding hydrogens is 358 g/mol. The molecule has 0 aromatic heterocycles. The fourth-order valence-corrected chi connectivity index (χ4v) is 2.76. The summed E-state index contributed by atoms with van der Waals surface area (Å²) in [5.41, 5.74) is 1.70. The van der Waals surface area contributed by atoms with Crippen molar-refractivity contribution in [3.05, 3.63) is 48.5 Å². The fraction of sp³-hybridized carbons (Fsp3) is 0.364. The van der Waals surface area contributed by atoms with Gasteiger partial charge >= 0.3 is 12.1 Å². The van der Waals surface area contributed by atoms with Crippen molar-refractivity contribution in [2.45, 2.75) is 39.3 Å². The summed E-state index contributed by atoms with van der Waals surface area (Å²) in [6, 6.07) is 14.1. The zero-order chi connectivity index (χ0) is 20.9. The number of carbonyl (C=O) groups is 2. The van der Waals surface area contributed by atoms with Gasteiger partial charge in [0, 0.05) is 11.3 Å². The zero-order valence-electron chi connectivity index (χ0n) is 17.2. The largest absolute Gasteiger partial charge is 0.496 e. The number of esters is 1. The van der Waals surface area contributed by atoms with Crippen LogP contribution in [0.25, 0.3) is 11.1 Å². The van der Waals surface area contributed by atoms with Gasteiger partial charge in [0.05, 0.1) is 14.2 Å². The van der Waals surface area contributed by atoms with Crippen molar-refractivity contribution < 1.29 is 23.8 Å². The van der Waals surface area contributed by atoms with Crippen LogP contribution in [0.1, 0.15) is 27.7 Å². The Kier molecular flexibility index (Phi) is 6.67. The van der Waals surface area contributed by atoms with E-state index in [1.165, 1.54) is 12.0 Å². The van der Waals surface area contributed by atoms with Crippen LogP contribution in [0.4, 0.5) is 10.5 Å². The summed E-state index contributed by atoms with van der Waals surface area (Å²) < 4.78 is 15.7. The van der Waals surface area contributed by atoms with E-state index < -0.39 is 23.7 Å². The Labute approximate surface area is 166 Å². The third kappa shape index (κ3) is 5.03. The van der Waals surface area contributed by atoms with Crippen molar-refractivity contribution in [1.82, 2.24) is 0 Å². The van der Waals surface area contributed by atoms with Gasteiger partial charge in [0.25, 0.3) is 0 Å². The summed E-state index contributed by atoms with van der Waals surface area (Å²) in [6.45, 7) is 6.92. The lowest BCUT2D eigenvalue weighted by molar-refractivity contribution is -0.141. The molecule has 2 rings (SSSR count). The molecular formula is C22H27NO5. The van der Waals surface area contributed by atoms with E-state index in [1.807, 2.05) is 36.4 Å². The average Bonchev–Trinajstić information content (AvgIpc) is 2.66. The van der Waals surface area contributed by atoms with Crippen LogP contribution in [0.5, 0.6) is 5.75 Å². The monoisotopic (exact) mass is 385 g/mol. The third-order valence-electron chi connectivity index (χ3n) is 4.08. The van der Waals surface area contributed by atoms with Crippen molar-refractivity contribution >= 4 is 17.7 Å². The first kappa shape index (κ1) is 21.3. The maximum atomic E-state index is 12.8. The van der Waals surface area contributed by atoms with E-state index in [1.54, 1.807) is 46.9 Å². The first-order valence-corrected chi connectivity index (χ1v) is 9.01. The number of hydrogen-bond acceptors (Lipinski definition) is 5. The molecule has 0 aliphatic carbocycles. The van der Waals surface area contributed by atoms with Gasteiger partial charge < -0.3 is 14.2 Å². The van der Waals surface area contributed by atoms with Gasteiger partial charge in [0.2, 0.25) is 0 Å². The quantitative estimate of drug-likeness (QED) is 0.700. The van der Waals surface area contributed by atoms with E-state index >= 15 is 0 Å². The second kappa shape index (κ2) is 8.78. The molecule has 0 bridgehead atoms. The number of methoxy groups -OCH3 is 2. The minimum atomic E-state index is -0.836. The number of amides is 1. The highest BCUT2D eigenvalue weighted by atomic mass is 16.6. The average molecular weight is 385 g/mol. The third-order valence-corrected chi connectivity index (χ3v) is 4.08. The number of rotatable bonds is 5. The van der Waals surface area contributed by atoms with E-state index in [-0.39, 0.29) is 0 Å². The molecule has 28 heavy (non-hydrogen) atoms. The maximum absolute atomic E-state index is 12.8. The standard InChI is InChI=1S/C22H27NO5/c1-15(20(24)27-6)23(21(25)28-22(2,3)4)17-13-11-16(12-14-17)18-9-7-8-10-19(18)26-5/h7-15H,1-6H3/t15-/m0/s1. The molecule has 1 amide bonds. The minimum Gasteiger partial charge on any atom is -0.496 e. The van der Waals surface area contributed by atoms with Gasteiger partial charge in [0.1, 0.15) is 17.4 Å². The Hall–Kier alpha value is -3.02. The van der Waals surface area contributed by atoms with Gasteiger partial charge in [-0.2, -0.15) is 0 Å². The van der Waals surface area contributed by atoms with E-state index in [0.717, 1.165) is 16.9 Å². The lowest BCUT2D eigenvalue weighted by Crippen LogP contribution is -2.46. The van der Waals surface area contributed by atoms with Gasteiger partial charge in [-0.05, 0) is 51.5 Å². The highest BCUT2D eigenvalue weighted by Crippen LogP contribution is 2.31. The molecule has 0 unspecified atom stereocenters. The summed E-state index contributed by atoms with van der Waals surface area (Å²) in [5.74, 6) is 0.224. The molecule has 150 valence electrons. The van der Waals surface area contributed by atoms with Crippen LogP contribution in [0, 0.1) is 0 Å². The summed E-state index contributed by atoms with van der Waals surface area (Å²) in [5, 5.41) is 0. The predicted octanol–water partition coefficient (Wildman–Crippen LogP) is 4.67. The number of ether oxygens (including phenoxy) is 3. The van der Waals surface area contributed by atoms with Crippen LogP contribution >= 0.6 is 0 Å². The molecule has 0 aliphatic rings. The van der Waals surface area contributed by atoms with Crippen LogP contribution in [-0.4, -0.2) is 37.9 Å². The molecule has 2 aromatic carbocycles. The molecule has 0 saturated heterocycles. The maximum Gasteiger partial charge on any atom is 0.415 e. The summed E-state index contributed by atoms with van der Waals surface area (Å²) >= 11 is 0. The molecule has 0 fully saturated rings. The molecule has 0 saturated carbocycles. The van der Waals surface area contributed by atoms with Gasteiger partial charge in [-0.25, -0.2) is 9.59 Å². The molecule has 0 radical (unpaired) electrons. The number of carbonyl (C=O) groups excluding carboxylic acids is 2. The second-order valence-electron chi connectivity index (χ2n) is 7.30. The lowest BCUT2D eigenvalue weighted by Gasteiger charge is -2.30. The molecule has 0 heterocycles. The van der Waals surface area contributed by atoms with Crippen LogP contribution in [0.2, 0.25) is 0 Å². The molecule has 0 spiro atoms. The first-order valence-electron chi connectivity index (χ1n) is 9.01. The van der Waals surface area contributed by atoms with Crippen LogP contribution in [0.15, 0.2) is 48.5 Å². The Morgan fingerprint density at radius 1 is 0.964 bits per heavy atom. The summed E-state index contributed by atoms with van der Waals surface area (Å²) in [7, 11) is 2.91. The molecule has 0 N–H and O–H groups in total. The smallest absolute Gasteiger partial charge is 0.415 e. The van der Waals surface area contributed by atoms with E-state index in [4.69, 9.17) is 14.2 Å². The number of nitrogens with zero attached hydrogens (tertiary/aromatic N) is 1. The van der Waals surface area contributed by atoms with Gasteiger partial charge in [-0.15, -0.1) is 0 Å². The minimum absolute atomic E-state index is 0.528. The van der Waals surface area contributed by atoms with Crippen molar-refractivity contribution in [2.75, 3.05) is 19.1 Å². The molecule has 0 aliphatic heterocycles. The Bertz CT molecular complexity index is 824. The van der Waals surface area contributed by atoms with Crippen molar-refractivity contribution in [3.8, 4) is 16.9 Å². The van der Waals surface area contributed by atoms with Crippen molar-refractivity contribution in [3.63, 3.8) is 0 Å².